The Hall–Kier alpha value is -2.87. The van der Waals surface area contributed by atoms with Crippen LogP contribution in [0.25, 0.3) is 0 Å². The quantitative estimate of drug-likeness (QED) is 0.843. The number of hydrogen-bond acceptors (Lipinski definition) is 4. The molecule has 0 saturated carbocycles. The predicted molar refractivity (Wildman–Crippen MR) is 99.4 cm³/mol. The van der Waals surface area contributed by atoms with Crippen molar-refractivity contribution in [3.63, 3.8) is 0 Å². The Labute approximate surface area is 149 Å². The van der Waals surface area contributed by atoms with E-state index < -0.39 is 0 Å². The van der Waals surface area contributed by atoms with Crippen LogP contribution in [-0.4, -0.2) is 16.9 Å². The van der Waals surface area contributed by atoms with Crippen molar-refractivity contribution in [3.05, 3.63) is 58.4 Å². The molecule has 0 bridgehead atoms. The first-order valence-corrected chi connectivity index (χ1v) is 8.46. The van der Waals surface area contributed by atoms with Crippen molar-refractivity contribution >= 4 is 11.6 Å². The molecule has 0 aliphatic rings. The molecule has 0 saturated heterocycles. The van der Waals surface area contributed by atoms with Crippen LogP contribution in [0.4, 0.5) is 5.69 Å². The largest absolute Gasteiger partial charge is 0.380 e. The van der Waals surface area contributed by atoms with Crippen LogP contribution in [0.3, 0.4) is 0 Å². The number of carbonyl (C=O) groups is 1. The Morgan fingerprint density at radius 3 is 2.76 bits per heavy atom. The van der Waals surface area contributed by atoms with Crippen molar-refractivity contribution in [1.82, 2.24) is 10.3 Å². The lowest BCUT2D eigenvalue weighted by Crippen LogP contribution is -2.31. The highest BCUT2D eigenvalue weighted by molar-refractivity contribution is 5.94. The van der Waals surface area contributed by atoms with E-state index in [4.69, 9.17) is 0 Å². The highest BCUT2D eigenvalue weighted by Crippen LogP contribution is 2.19. The molecule has 5 nitrogen and oxygen atoms in total. The molecule has 0 fully saturated rings. The second-order valence-corrected chi connectivity index (χ2v) is 6.22. The van der Waals surface area contributed by atoms with E-state index in [-0.39, 0.29) is 11.9 Å². The van der Waals surface area contributed by atoms with Crippen molar-refractivity contribution in [1.29, 1.82) is 5.26 Å². The number of nitrogens with one attached hydrogen (secondary N) is 2. The van der Waals surface area contributed by atoms with Gasteiger partial charge in [-0.15, -0.1) is 0 Å². The van der Waals surface area contributed by atoms with Gasteiger partial charge in [0.2, 0.25) is 0 Å². The maximum absolute atomic E-state index is 12.2. The van der Waals surface area contributed by atoms with Crippen LogP contribution in [0, 0.1) is 25.2 Å². The summed E-state index contributed by atoms with van der Waals surface area (Å²) in [6, 6.07) is 11.7. The Morgan fingerprint density at radius 2 is 2.08 bits per heavy atom. The molecule has 1 aromatic carbocycles. The van der Waals surface area contributed by atoms with Crippen molar-refractivity contribution in [2.45, 2.75) is 46.7 Å². The summed E-state index contributed by atoms with van der Waals surface area (Å²) in [6.07, 6.45) is 0.894. The van der Waals surface area contributed by atoms with Crippen LogP contribution in [0.15, 0.2) is 30.3 Å². The summed E-state index contributed by atoms with van der Waals surface area (Å²) in [6.45, 7) is 8.29. The van der Waals surface area contributed by atoms with E-state index in [1.165, 1.54) is 0 Å². The third-order valence-electron chi connectivity index (χ3n) is 4.10. The molecule has 2 aromatic rings. The van der Waals surface area contributed by atoms with Crippen LogP contribution in [0.2, 0.25) is 0 Å². The number of pyridine rings is 1. The molecule has 1 aromatic heterocycles. The highest BCUT2D eigenvalue weighted by atomic mass is 16.1. The van der Waals surface area contributed by atoms with Gasteiger partial charge in [0.15, 0.2) is 0 Å². The fraction of sp³-hybridized carbons (Fsp3) is 0.350. The van der Waals surface area contributed by atoms with Gasteiger partial charge in [-0.1, -0.05) is 19.1 Å². The second kappa shape index (κ2) is 8.29. The van der Waals surface area contributed by atoms with Crippen LogP contribution in [-0.2, 0) is 6.54 Å². The van der Waals surface area contributed by atoms with E-state index in [9.17, 15) is 10.1 Å². The number of carbonyl (C=O) groups excluding carboxylic acids is 1. The molecule has 1 atom stereocenters. The number of amides is 1. The Bertz CT molecular complexity index is 808. The minimum absolute atomic E-state index is 0.0653. The Kier molecular flexibility index (Phi) is 6.13. The van der Waals surface area contributed by atoms with Crippen LogP contribution >= 0.6 is 0 Å². The third kappa shape index (κ3) is 4.80. The molecule has 0 radical (unpaired) electrons. The zero-order chi connectivity index (χ0) is 18.4. The number of aryl methyl sites for hydroxylation is 2. The molecule has 2 rings (SSSR count). The standard InChI is InChI=1S/C20H24N4O/c1-5-13(2)24-20(25)17-8-6-7-16(10-17)12-22-19-9-14(3)23-15(4)18(19)11-21/h6-10,13H,5,12H2,1-4H3,(H,22,23)(H,24,25). The molecular weight excluding hydrogens is 312 g/mol. The smallest absolute Gasteiger partial charge is 0.251 e. The molecule has 1 amide bonds. The predicted octanol–water partition coefficient (Wildman–Crippen LogP) is 3.71. The molecule has 0 aliphatic carbocycles. The first-order chi connectivity index (χ1) is 11.9. The molecule has 5 heteroatoms. The number of rotatable bonds is 6. The number of aromatic nitrogens is 1. The molecule has 1 heterocycles. The van der Waals surface area contributed by atoms with Gasteiger partial charge in [-0.2, -0.15) is 5.26 Å². The monoisotopic (exact) mass is 336 g/mol. The molecular formula is C20H24N4O. The van der Waals surface area contributed by atoms with E-state index in [1.54, 1.807) is 0 Å². The minimum atomic E-state index is -0.0653. The van der Waals surface area contributed by atoms with Gasteiger partial charge in [-0.05, 0) is 51.0 Å². The normalized spacial score (nSPS) is 11.5. The number of nitriles is 1. The number of benzene rings is 1. The molecule has 2 N–H and O–H groups in total. The Morgan fingerprint density at radius 1 is 1.32 bits per heavy atom. The fourth-order valence-electron chi connectivity index (χ4n) is 2.54. The van der Waals surface area contributed by atoms with Gasteiger partial charge in [0.1, 0.15) is 6.07 Å². The van der Waals surface area contributed by atoms with Gasteiger partial charge in [0, 0.05) is 23.8 Å². The average molecular weight is 336 g/mol. The number of hydrogen-bond donors (Lipinski definition) is 2. The third-order valence-corrected chi connectivity index (χ3v) is 4.10. The zero-order valence-corrected chi connectivity index (χ0v) is 15.2. The number of anilines is 1. The summed E-state index contributed by atoms with van der Waals surface area (Å²) < 4.78 is 0. The Balaban J connectivity index is 2.14. The van der Waals surface area contributed by atoms with Gasteiger partial charge >= 0.3 is 0 Å². The van der Waals surface area contributed by atoms with Gasteiger partial charge in [-0.25, -0.2) is 0 Å². The lowest BCUT2D eigenvalue weighted by molar-refractivity contribution is 0.0939. The maximum Gasteiger partial charge on any atom is 0.251 e. The minimum Gasteiger partial charge on any atom is -0.380 e. The second-order valence-electron chi connectivity index (χ2n) is 6.22. The van der Waals surface area contributed by atoms with Crippen molar-refractivity contribution in [2.24, 2.45) is 0 Å². The number of nitrogens with zero attached hydrogens (tertiary/aromatic N) is 2. The molecule has 130 valence electrons. The summed E-state index contributed by atoms with van der Waals surface area (Å²) in [5, 5.41) is 15.6. The van der Waals surface area contributed by atoms with Gasteiger partial charge in [-0.3, -0.25) is 9.78 Å². The van der Waals surface area contributed by atoms with E-state index in [2.05, 4.69) is 21.7 Å². The first-order valence-electron chi connectivity index (χ1n) is 8.46. The topological polar surface area (TPSA) is 77.8 Å². The van der Waals surface area contributed by atoms with E-state index in [0.29, 0.717) is 23.4 Å². The van der Waals surface area contributed by atoms with E-state index in [1.807, 2.05) is 58.0 Å². The lowest BCUT2D eigenvalue weighted by Gasteiger charge is -2.13. The van der Waals surface area contributed by atoms with Crippen molar-refractivity contribution in [3.8, 4) is 6.07 Å². The summed E-state index contributed by atoms with van der Waals surface area (Å²) in [5.74, 6) is -0.0653. The maximum atomic E-state index is 12.2. The van der Waals surface area contributed by atoms with Crippen molar-refractivity contribution in [2.75, 3.05) is 5.32 Å². The van der Waals surface area contributed by atoms with Gasteiger partial charge in [0.25, 0.3) is 5.91 Å². The summed E-state index contributed by atoms with van der Waals surface area (Å²) in [4.78, 5) is 16.6. The fourth-order valence-corrected chi connectivity index (χ4v) is 2.54. The van der Waals surface area contributed by atoms with Crippen LogP contribution < -0.4 is 10.6 Å². The summed E-state index contributed by atoms with van der Waals surface area (Å²) in [5.41, 5.74) is 4.51. The SMILES string of the molecule is CCC(C)NC(=O)c1cccc(CNc2cc(C)nc(C)c2C#N)c1. The van der Waals surface area contributed by atoms with Gasteiger partial charge < -0.3 is 10.6 Å². The average Bonchev–Trinajstić information content (AvgIpc) is 2.59. The molecule has 0 aliphatic heterocycles. The van der Waals surface area contributed by atoms with E-state index >= 15 is 0 Å². The van der Waals surface area contributed by atoms with Crippen molar-refractivity contribution < 1.29 is 4.79 Å². The highest BCUT2D eigenvalue weighted by Gasteiger charge is 2.10. The summed E-state index contributed by atoms with van der Waals surface area (Å²) >= 11 is 0. The first kappa shape index (κ1) is 18.5. The molecule has 0 spiro atoms. The van der Waals surface area contributed by atoms with E-state index in [0.717, 1.165) is 23.4 Å². The van der Waals surface area contributed by atoms with Crippen LogP contribution in [0.5, 0.6) is 0 Å². The van der Waals surface area contributed by atoms with Gasteiger partial charge in [0.05, 0.1) is 16.9 Å². The lowest BCUT2D eigenvalue weighted by atomic mass is 10.1. The molecule has 25 heavy (non-hydrogen) atoms. The summed E-state index contributed by atoms with van der Waals surface area (Å²) in [7, 11) is 0. The van der Waals surface area contributed by atoms with Crippen LogP contribution in [0.1, 0.15) is 53.1 Å². The molecule has 1 unspecified atom stereocenters. The zero-order valence-electron chi connectivity index (χ0n) is 15.2.